The number of hydrogen-bond acceptors (Lipinski definition) is 2. The predicted octanol–water partition coefficient (Wildman–Crippen LogP) is 12.8. The zero-order valence-electron chi connectivity index (χ0n) is 27.2. The highest BCUT2D eigenvalue weighted by molar-refractivity contribution is 6.18. The van der Waals surface area contributed by atoms with Gasteiger partial charge in [0.15, 0.2) is 0 Å². The fourth-order valence-corrected chi connectivity index (χ4v) is 7.72. The van der Waals surface area contributed by atoms with E-state index in [4.69, 9.17) is 9.97 Å². The molecule has 0 bridgehead atoms. The Hall–Kier alpha value is -6.64. The molecule has 8 aromatic carbocycles. The maximum atomic E-state index is 5.52. The van der Waals surface area contributed by atoms with E-state index >= 15 is 0 Å². The van der Waals surface area contributed by atoms with Crippen molar-refractivity contribution in [2.45, 2.75) is 0 Å². The Morgan fingerprint density at radius 1 is 0.240 bits per heavy atom. The van der Waals surface area contributed by atoms with Crippen LogP contribution in [0.5, 0.6) is 0 Å². The van der Waals surface area contributed by atoms with Crippen molar-refractivity contribution < 1.29 is 0 Å². The molecule has 0 atom stereocenters. The van der Waals surface area contributed by atoms with Gasteiger partial charge in [-0.05, 0) is 54.9 Å². The molecule has 0 fully saturated rings. The Morgan fingerprint density at radius 2 is 0.680 bits per heavy atom. The molecule has 1 aliphatic rings. The largest absolute Gasteiger partial charge is 0.243 e. The van der Waals surface area contributed by atoms with E-state index in [2.05, 4.69) is 170 Å². The maximum absolute atomic E-state index is 5.52. The van der Waals surface area contributed by atoms with Crippen LogP contribution in [0.15, 0.2) is 182 Å². The van der Waals surface area contributed by atoms with Gasteiger partial charge >= 0.3 is 0 Å². The van der Waals surface area contributed by atoms with Gasteiger partial charge in [-0.1, -0.05) is 182 Å². The zero-order chi connectivity index (χ0) is 33.0. The van der Waals surface area contributed by atoms with E-state index in [0.717, 1.165) is 50.4 Å². The second-order valence-electron chi connectivity index (χ2n) is 12.9. The lowest BCUT2D eigenvalue weighted by molar-refractivity contribution is 1.22. The molecular weight excluding hydrogens is 605 g/mol. The van der Waals surface area contributed by atoms with Gasteiger partial charge < -0.3 is 0 Å². The summed E-state index contributed by atoms with van der Waals surface area (Å²) < 4.78 is 0. The van der Waals surface area contributed by atoms with Gasteiger partial charge in [0.1, 0.15) is 0 Å². The summed E-state index contributed by atoms with van der Waals surface area (Å²) in [5, 5.41) is 4.94. The summed E-state index contributed by atoms with van der Waals surface area (Å²) in [5.41, 5.74) is 15.3. The summed E-state index contributed by atoms with van der Waals surface area (Å²) in [4.78, 5) is 11.0. The molecule has 0 saturated carbocycles. The number of hydrogen-bond donors (Lipinski definition) is 0. The van der Waals surface area contributed by atoms with Crippen LogP contribution in [0.4, 0.5) is 0 Å². The molecule has 0 unspecified atom stereocenters. The quantitative estimate of drug-likeness (QED) is 0.188. The van der Waals surface area contributed by atoms with E-state index in [1.54, 1.807) is 0 Å². The minimum Gasteiger partial charge on any atom is -0.243 e. The van der Waals surface area contributed by atoms with Crippen LogP contribution in [-0.4, -0.2) is 9.97 Å². The minimum absolute atomic E-state index is 0.863. The molecule has 0 spiro atoms. The van der Waals surface area contributed by atoms with E-state index in [1.165, 1.54) is 49.5 Å². The lowest BCUT2D eigenvalue weighted by Gasteiger charge is -2.17. The Labute approximate surface area is 291 Å². The average molecular weight is 635 g/mol. The highest BCUT2D eigenvalue weighted by Crippen LogP contribution is 2.49. The third kappa shape index (κ3) is 4.50. The molecule has 0 N–H and O–H groups in total. The summed E-state index contributed by atoms with van der Waals surface area (Å²) in [6.45, 7) is 0. The van der Waals surface area contributed by atoms with Gasteiger partial charge in [0.2, 0.25) is 0 Å². The number of rotatable bonds is 5. The molecule has 0 aliphatic heterocycles. The summed E-state index contributed by atoms with van der Waals surface area (Å²) in [5.74, 6) is 0. The molecule has 10 rings (SSSR count). The third-order valence-corrected chi connectivity index (χ3v) is 10.1. The molecule has 1 heterocycles. The van der Waals surface area contributed by atoms with Crippen molar-refractivity contribution in [1.29, 1.82) is 0 Å². The van der Waals surface area contributed by atoms with Gasteiger partial charge in [-0.3, -0.25) is 0 Å². The van der Waals surface area contributed by atoms with Crippen LogP contribution in [0.2, 0.25) is 0 Å². The van der Waals surface area contributed by atoms with E-state index in [0.29, 0.717) is 0 Å². The summed E-state index contributed by atoms with van der Waals surface area (Å²) in [6.07, 6.45) is 0. The van der Waals surface area contributed by atoms with Gasteiger partial charge in [0.05, 0.1) is 22.8 Å². The fourth-order valence-electron chi connectivity index (χ4n) is 7.72. The molecule has 9 aromatic rings. The number of nitrogens with zero attached hydrogens (tertiary/aromatic N) is 2. The average Bonchev–Trinajstić information content (AvgIpc) is 3.53. The molecule has 1 aromatic heterocycles. The first-order chi connectivity index (χ1) is 24.8. The van der Waals surface area contributed by atoms with Crippen LogP contribution < -0.4 is 0 Å². The Kier molecular flexibility index (Phi) is 6.53. The second kappa shape index (κ2) is 11.5. The SMILES string of the molecule is c1ccc(-c2nc(-c3ccc(-c4ccc5c6c(cccc46)-c4ccccc4-5)cc3)c(-c3cccc4ccccc34)nc2-c2ccccc2)cc1. The Balaban J connectivity index is 1.18. The van der Waals surface area contributed by atoms with Gasteiger partial charge in [0, 0.05) is 22.3 Å². The van der Waals surface area contributed by atoms with Gasteiger partial charge in [-0.2, -0.15) is 0 Å². The fraction of sp³-hybridized carbons (Fsp3) is 0. The summed E-state index contributed by atoms with van der Waals surface area (Å²) >= 11 is 0. The monoisotopic (exact) mass is 634 g/mol. The summed E-state index contributed by atoms with van der Waals surface area (Å²) in [7, 11) is 0. The van der Waals surface area contributed by atoms with Crippen LogP contribution in [0.25, 0.3) is 100.0 Å². The van der Waals surface area contributed by atoms with Crippen molar-refractivity contribution in [2.24, 2.45) is 0 Å². The van der Waals surface area contributed by atoms with Crippen LogP contribution in [0, 0.1) is 0 Å². The van der Waals surface area contributed by atoms with Crippen molar-refractivity contribution in [3.8, 4) is 78.4 Å². The van der Waals surface area contributed by atoms with Crippen molar-refractivity contribution in [1.82, 2.24) is 9.97 Å². The normalized spacial score (nSPS) is 11.6. The van der Waals surface area contributed by atoms with Gasteiger partial charge in [0.25, 0.3) is 0 Å². The molecular formula is C48H30N2. The maximum Gasteiger partial charge on any atom is 0.0979 e. The van der Waals surface area contributed by atoms with E-state index in [1.807, 2.05) is 12.1 Å². The topological polar surface area (TPSA) is 25.8 Å². The molecule has 0 amide bonds. The highest BCUT2D eigenvalue weighted by atomic mass is 14.9. The Morgan fingerprint density at radius 3 is 1.40 bits per heavy atom. The highest BCUT2D eigenvalue weighted by Gasteiger charge is 2.23. The molecule has 0 radical (unpaired) electrons. The van der Waals surface area contributed by atoms with Crippen LogP contribution in [0.3, 0.4) is 0 Å². The van der Waals surface area contributed by atoms with Crippen LogP contribution >= 0.6 is 0 Å². The molecule has 50 heavy (non-hydrogen) atoms. The zero-order valence-corrected chi connectivity index (χ0v) is 27.2. The van der Waals surface area contributed by atoms with Gasteiger partial charge in [-0.15, -0.1) is 0 Å². The molecule has 2 nitrogen and oxygen atoms in total. The van der Waals surface area contributed by atoms with E-state index in [9.17, 15) is 0 Å². The standard InChI is InChI=1S/C48H30N2/c1-3-14-33(15-4-1)45-46(34-16-5-2-6-17-34)50-48(43-24-11-18-31-13-7-8-19-36(31)43)47(49-45)35-27-25-32(26-28-35)37-29-30-42-39-21-10-9-20-38(39)41-23-12-22-40(37)44(41)42/h1-30H. The number of benzene rings is 8. The molecule has 232 valence electrons. The van der Waals surface area contributed by atoms with Crippen molar-refractivity contribution in [2.75, 3.05) is 0 Å². The molecule has 1 aliphatic carbocycles. The molecule has 2 heteroatoms. The Bertz CT molecular complexity index is 2690. The lowest BCUT2D eigenvalue weighted by atomic mass is 9.93. The first-order valence-electron chi connectivity index (χ1n) is 17.1. The first-order valence-corrected chi connectivity index (χ1v) is 17.1. The predicted molar refractivity (Wildman–Crippen MR) is 209 cm³/mol. The minimum atomic E-state index is 0.863. The lowest BCUT2D eigenvalue weighted by Crippen LogP contribution is -2.01. The second-order valence-corrected chi connectivity index (χ2v) is 12.9. The van der Waals surface area contributed by atoms with Crippen molar-refractivity contribution >= 4 is 21.5 Å². The first kappa shape index (κ1) is 28.4. The van der Waals surface area contributed by atoms with Crippen molar-refractivity contribution in [3.05, 3.63) is 182 Å². The van der Waals surface area contributed by atoms with Crippen LogP contribution in [-0.2, 0) is 0 Å². The van der Waals surface area contributed by atoms with E-state index in [-0.39, 0.29) is 0 Å². The smallest absolute Gasteiger partial charge is 0.0979 e. The number of fused-ring (bicyclic) bond motifs is 4. The number of aromatic nitrogens is 2. The van der Waals surface area contributed by atoms with E-state index < -0.39 is 0 Å². The third-order valence-electron chi connectivity index (χ3n) is 10.1. The van der Waals surface area contributed by atoms with Crippen LogP contribution in [0.1, 0.15) is 0 Å². The molecule has 0 saturated heterocycles. The summed E-state index contributed by atoms with van der Waals surface area (Å²) in [6, 6.07) is 64.7. The van der Waals surface area contributed by atoms with Gasteiger partial charge in [-0.25, -0.2) is 9.97 Å². The van der Waals surface area contributed by atoms with Crippen molar-refractivity contribution in [3.63, 3.8) is 0 Å².